The van der Waals surface area contributed by atoms with Gasteiger partial charge in [0.1, 0.15) is 5.75 Å². The number of piperidine rings is 1. The van der Waals surface area contributed by atoms with Crippen LogP contribution < -0.4 is 16.2 Å². The molecule has 8 nitrogen and oxygen atoms in total. The molecule has 0 bridgehead atoms. The number of nitrogen functional groups attached to an aromatic ring is 1. The second kappa shape index (κ2) is 10.5. The van der Waals surface area contributed by atoms with Crippen molar-refractivity contribution < 1.29 is 4.74 Å². The van der Waals surface area contributed by atoms with Gasteiger partial charge in [0, 0.05) is 53.9 Å². The quantitative estimate of drug-likeness (QED) is 0.232. The van der Waals surface area contributed by atoms with Crippen molar-refractivity contribution in [1.29, 1.82) is 5.41 Å². The van der Waals surface area contributed by atoms with Crippen molar-refractivity contribution in [2.24, 2.45) is 5.73 Å². The van der Waals surface area contributed by atoms with Crippen LogP contribution in [0.3, 0.4) is 0 Å². The molecular weight excluding hydrogens is 485 g/mol. The molecule has 2 aromatic heterocycles. The monoisotopic (exact) mass is 515 g/mol. The molecule has 0 saturated carbocycles. The summed E-state index contributed by atoms with van der Waals surface area (Å²) in [6.07, 6.45) is 6.30. The van der Waals surface area contributed by atoms with Gasteiger partial charge in [-0.15, -0.1) is 0 Å². The predicted octanol–water partition coefficient (Wildman–Crippen LogP) is 4.97. The van der Waals surface area contributed by atoms with Crippen molar-refractivity contribution in [3.8, 4) is 5.75 Å². The minimum absolute atomic E-state index is 0.267. The van der Waals surface area contributed by atoms with Gasteiger partial charge in [-0.2, -0.15) is 5.10 Å². The Bertz CT molecular complexity index is 1220. The largest absolute Gasteiger partial charge is 0.471 e. The lowest BCUT2D eigenvalue weighted by Crippen LogP contribution is -2.39. The molecule has 35 heavy (non-hydrogen) atoms. The third kappa shape index (κ3) is 5.46. The maximum Gasteiger partial charge on any atom is 0.177 e. The number of nitrogens with two attached hydrogens (primary N) is 2. The van der Waals surface area contributed by atoms with Crippen molar-refractivity contribution >= 4 is 34.6 Å². The number of aryl methyl sites for hydroxylation is 1. The van der Waals surface area contributed by atoms with Crippen molar-refractivity contribution in [2.75, 3.05) is 18.8 Å². The molecule has 3 heterocycles. The molecule has 0 aliphatic carbocycles. The number of anilines is 1. The first-order valence-electron chi connectivity index (χ1n) is 11.7. The third-order valence-electron chi connectivity index (χ3n) is 6.52. The molecule has 1 aliphatic rings. The van der Waals surface area contributed by atoms with Crippen LogP contribution in [-0.4, -0.2) is 44.5 Å². The summed E-state index contributed by atoms with van der Waals surface area (Å²) < 4.78 is 7.91. The Kier molecular flexibility index (Phi) is 7.66. The van der Waals surface area contributed by atoms with Gasteiger partial charge in [-0.25, -0.2) is 0 Å². The number of nitrogens with zero attached hydrogens (tertiary/aromatic N) is 4. The fourth-order valence-electron chi connectivity index (χ4n) is 4.36. The molecule has 1 fully saturated rings. The summed E-state index contributed by atoms with van der Waals surface area (Å²) >= 11 is 12.6. The van der Waals surface area contributed by atoms with Gasteiger partial charge in [0.25, 0.3) is 0 Å². The van der Waals surface area contributed by atoms with Gasteiger partial charge < -0.3 is 15.4 Å². The minimum atomic E-state index is -0.915. The molecule has 5 N–H and O–H groups in total. The van der Waals surface area contributed by atoms with Crippen LogP contribution in [0.2, 0.25) is 10.0 Å². The van der Waals surface area contributed by atoms with E-state index >= 15 is 0 Å². The van der Waals surface area contributed by atoms with Crippen molar-refractivity contribution in [2.45, 2.75) is 51.9 Å². The number of likely N-dealkylation sites (tertiary alicyclic amines) is 1. The van der Waals surface area contributed by atoms with E-state index in [1.165, 1.54) is 6.20 Å². The second-order valence-electron chi connectivity index (χ2n) is 9.15. The van der Waals surface area contributed by atoms with E-state index in [2.05, 4.69) is 28.8 Å². The maximum atomic E-state index is 8.79. The molecule has 4 rings (SSSR count). The number of pyridine rings is 1. The summed E-state index contributed by atoms with van der Waals surface area (Å²) in [5.74, 6) is 0.446. The molecule has 10 heteroatoms. The average molecular weight is 516 g/mol. The summed E-state index contributed by atoms with van der Waals surface area (Å²) in [6.45, 7) is 8.32. The van der Waals surface area contributed by atoms with Crippen molar-refractivity contribution in [3.05, 3.63) is 69.2 Å². The first-order valence-corrected chi connectivity index (χ1v) is 12.4. The number of hydrogen-bond donors (Lipinski definition) is 3. The predicted molar refractivity (Wildman–Crippen MR) is 141 cm³/mol. The van der Waals surface area contributed by atoms with Gasteiger partial charge in [0.15, 0.2) is 6.23 Å². The van der Waals surface area contributed by atoms with Crippen LogP contribution in [0.4, 0.5) is 5.69 Å². The molecule has 0 amide bonds. The van der Waals surface area contributed by atoms with Gasteiger partial charge in [0.2, 0.25) is 0 Å². The summed E-state index contributed by atoms with van der Waals surface area (Å²) in [6, 6.07) is 5.98. The molecule has 1 saturated heterocycles. The Balaban J connectivity index is 1.51. The van der Waals surface area contributed by atoms with Gasteiger partial charge in [0.05, 0.1) is 33.7 Å². The highest BCUT2D eigenvalue weighted by molar-refractivity contribution is 6.36. The van der Waals surface area contributed by atoms with E-state index in [0.29, 0.717) is 56.0 Å². The number of rotatable bonds is 7. The fourth-order valence-corrected chi connectivity index (χ4v) is 4.92. The normalized spacial score (nSPS) is 16.0. The van der Waals surface area contributed by atoms with Crippen LogP contribution >= 0.6 is 23.2 Å². The highest BCUT2D eigenvalue weighted by Gasteiger charge is 2.24. The SMILES string of the molecule is Cc1ncc(Cl)c([C@@H](N)Oc2ccc(N)c(C(=N)c3cnn(C4CCN(C(C)C)CC4)c3)c2)c1Cl. The zero-order valence-corrected chi connectivity index (χ0v) is 21.6. The van der Waals surface area contributed by atoms with E-state index in [0.717, 1.165) is 25.9 Å². The molecule has 3 aromatic rings. The minimum Gasteiger partial charge on any atom is -0.471 e. The van der Waals surface area contributed by atoms with Crippen LogP contribution in [-0.2, 0) is 0 Å². The molecule has 186 valence electrons. The van der Waals surface area contributed by atoms with Crippen LogP contribution in [0.5, 0.6) is 5.75 Å². The Labute approximate surface area is 215 Å². The summed E-state index contributed by atoms with van der Waals surface area (Å²) in [5, 5.41) is 14.0. The number of benzene rings is 1. The Hall–Kier alpha value is -2.65. The number of ether oxygens (including phenoxy) is 1. The first-order chi connectivity index (χ1) is 16.7. The Morgan fingerprint density at radius 3 is 2.60 bits per heavy atom. The lowest BCUT2D eigenvalue weighted by Gasteiger charge is -2.34. The van der Waals surface area contributed by atoms with Crippen molar-refractivity contribution in [1.82, 2.24) is 19.7 Å². The average Bonchev–Trinajstić information content (AvgIpc) is 3.33. The summed E-state index contributed by atoms with van der Waals surface area (Å²) in [5.41, 5.74) is 15.5. The van der Waals surface area contributed by atoms with E-state index in [-0.39, 0.29) is 5.71 Å². The zero-order valence-electron chi connectivity index (χ0n) is 20.1. The summed E-state index contributed by atoms with van der Waals surface area (Å²) in [7, 11) is 0. The van der Waals surface area contributed by atoms with E-state index in [1.807, 2.05) is 10.9 Å². The van der Waals surface area contributed by atoms with Gasteiger partial charge >= 0.3 is 0 Å². The molecule has 0 unspecified atom stereocenters. The van der Waals surface area contributed by atoms with E-state index < -0.39 is 6.23 Å². The van der Waals surface area contributed by atoms with Crippen LogP contribution in [0.15, 0.2) is 36.8 Å². The van der Waals surface area contributed by atoms with Gasteiger partial charge in [-0.05, 0) is 51.8 Å². The highest BCUT2D eigenvalue weighted by Crippen LogP contribution is 2.33. The standard InChI is InChI=1S/C25H31Cl2N7O/c1-14(2)33-8-6-17(7-9-33)34-13-16(11-32-34)24(29)19-10-18(4-5-21(19)28)35-25(30)22-20(26)12-31-15(3)23(22)27/h4-5,10-14,17,25,29H,6-9,28,30H2,1-3H3/t25-/m0/s1. The lowest BCUT2D eigenvalue weighted by molar-refractivity contribution is 0.147. The van der Waals surface area contributed by atoms with Crippen molar-refractivity contribution in [3.63, 3.8) is 0 Å². The summed E-state index contributed by atoms with van der Waals surface area (Å²) in [4.78, 5) is 6.61. The molecule has 0 spiro atoms. The number of halogens is 2. The van der Waals surface area contributed by atoms with Crippen LogP contribution in [0, 0.1) is 12.3 Å². The van der Waals surface area contributed by atoms with E-state index in [4.69, 9.17) is 44.8 Å². The third-order valence-corrected chi connectivity index (χ3v) is 7.30. The first kappa shape index (κ1) is 25.4. The Morgan fingerprint density at radius 2 is 1.91 bits per heavy atom. The number of aromatic nitrogens is 3. The molecule has 1 atom stereocenters. The molecular formula is C25H31Cl2N7O. The highest BCUT2D eigenvalue weighted by atomic mass is 35.5. The van der Waals surface area contributed by atoms with Crippen LogP contribution in [0.1, 0.15) is 61.3 Å². The fraction of sp³-hybridized carbons (Fsp3) is 0.400. The van der Waals surface area contributed by atoms with Crippen LogP contribution in [0.25, 0.3) is 0 Å². The second-order valence-corrected chi connectivity index (χ2v) is 9.94. The molecule has 1 aromatic carbocycles. The topological polar surface area (TPSA) is 119 Å². The van der Waals surface area contributed by atoms with Gasteiger partial charge in [-0.1, -0.05) is 23.2 Å². The van der Waals surface area contributed by atoms with E-state index in [1.54, 1.807) is 31.3 Å². The lowest BCUT2D eigenvalue weighted by atomic mass is 10.0. The maximum absolute atomic E-state index is 8.79. The molecule has 1 aliphatic heterocycles. The zero-order chi connectivity index (χ0) is 25.3. The van der Waals surface area contributed by atoms with Gasteiger partial charge in [-0.3, -0.25) is 20.8 Å². The molecule has 0 radical (unpaired) electrons. The number of hydrogen-bond acceptors (Lipinski definition) is 7. The number of nitrogens with one attached hydrogen (secondary N) is 1. The Morgan fingerprint density at radius 1 is 1.20 bits per heavy atom. The smallest absolute Gasteiger partial charge is 0.177 e. The van der Waals surface area contributed by atoms with E-state index in [9.17, 15) is 0 Å².